The molecule has 5 N–H and O–H groups in total. The maximum absolute atomic E-state index is 13.5. The van der Waals surface area contributed by atoms with Gasteiger partial charge in [-0.15, -0.1) is 0 Å². The predicted molar refractivity (Wildman–Crippen MR) is 99.1 cm³/mol. The highest BCUT2D eigenvalue weighted by atomic mass is 16.6. The average molecular weight is 416 g/mol. The Kier molecular flexibility index (Phi) is 4.66. The van der Waals surface area contributed by atoms with Gasteiger partial charge in [-0.3, -0.25) is 9.36 Å². The number of carbonyl (C=O) groups is 1. The molecule has 0 unspecified atom stereocenters. The van der Waals surface area contributed by atoms with Crippen LogP contribution < -0.4 is 5.73 Å². The molecule has 0 amide bonds. The van der Waals surface area contributed by atoms with Crippen molar-refractivity contribution in [2.75, 3.05) is 12.3 Å². The summed E-state index contributed by atoms with van der Waals surface area (Å²) in [5, 5.41) is 41.9. The molecule has 2 aromatic heterocycles. The lowest BCUT2D eigenvalue weighted by atomic mass is 9.93. The number of fused-ring (bicyclic) bond motifs is 1. The number of Topliss-reactive ketones (excluding diaryl/α,β-unsaturated/α-hetero) is 1. The number of nitrogen functional groups attached to an aromatic ring is 1. The molecule has 0 saturated carbocycles. The summed E-state index contributed by atoms with van der Waals surface area (Å²) in [4.78, 5) is 35.1. The summed E-state index contributed by atoms with van der Waals surface area (Å²) in [6.45, 7) is -0.702. The largest absolute Gasteiger partial charge is 0.473 e. The van der Waals surface area contributed by atoms with E-state index >= 15 is 0 Å². The Hall–Kier alpha value is -3.52. The molecule has 0 spiro atoms. The van der Waals surface area contributed by atoms with Crippen molar-refractivity contribution in [3.8, 4) is 0 Å². The highest BCUT2D eigenvalue weighted by molar-refractivity contribution is 6.02. The van der Waals surface area contributed by atoms with Gasteiger partial charge in [0.15, 0.2) is 5.52 Å². The van der Waals surface area contributed by atoms with E-state index < -0.39 is 47.3 Å². The van der Waals surface area contributed by atoms with E-state index in [0.717, 1.165) is 10.9 Å². The second kappa shape index (κ2) is 7.07. The summed E-state index contributed by atoms with van der Waals surface area (Å²) in [5.74, 6) is -1.96. The van der Waals surface area contributed by atoms with E-state index in [-0.39, 0.29) is 22.5 Å². The first kappa shape index (κ1) is 19.8. The number of ketones is 1. The summed E-state index contributed by atoms with van der Waals surface area (Å²) in [6, 6.07) is 7.76. The molecule has 0 radical (unpaired) electrons. The Morgan fingerprint density at radius 1 is 1.30 bits per heavy atom. The minimum atomic E-state index is -2.32. The molecule has 0 aliphatic carbocycles. The van der Waals surface area contributed by atoms with Crippen molar-refractivity contribution in [3.05, 3.63) is 52.3 Å². The van der Waals surface area contributed by atoms with Crippen molar-refractivity contribution in [3.63, 3.8) is 0 Å². The molecule has 1 fully saturated rings. The van der Waals surface area contributed by atoms with Gasteiger partial charge in [-0.05, 0) is 14.9 Å². The number of nitro groups is 1. The molecule has 13 nitrogen and oxygen atoms in total. The Balaban J connectivity index is 2.01. The second-order valence-electron chi connectivity index (χ2n) is 6.62. The molecule has 4 atom stereocenters. The lowest BCUT2D eigenvalue weighted by Gasteiger charge is -2.31. The number of benzene rings is 1. The molecule has 1 saturated heterocycles. The van der Waals surface area contributed by atoms with Crippen molar-refractivity contribution < 1.29 is 29.8 Å². The zero-order chi connectivity index (χ0) is 21.6. The highest BCUT2D eigenvalue weighted by Crippen LogP contribution is 2.40. The smallest absolute Gasteiger partial charge is 0.394 e. The van der Waals surface area contributed by atoms with Gasteiger partial charge in [0.2, 0.25) is 23.0 Å². The van der Waals surface area contributed by atoms with Crippen LogP contribution in [0, 0.1) is 10.1 Å². The quantitative estimate of drug-likeness (QED) is 0.225. The van der Waals surface area contributed by atoms with Crippen LogP contribution in [0.3, 0.4) is 0 Å². The first-order valence-corrected chi connectivity index (χ1v) is 8.71. The third kappa shape index (κ3) is 2.72. The summed E-state index contributed by atoms with van der Waals surface area (Å²) in [5.41, 5.74) is 3.20. The van der Waals surface area contributed by atoms with Crippen LogP contribution in [-0.2, 0) is 10.5 Å². The van der Waals surface area contributed by atoms with Crippen molar-refractivity contribution >= 4 is 28.7 Å². The van der Waals surface area contributed by atoms with Gasteiger partial charge in [0.25, 0.3) is 0 Å². The van der Waals surface area contributed by atoms with Crippen LogP contribution in [0.4, 0.5) is 11.8 Å². The van der Waals surface area contributed by atoms with Gasteiger partial charge in [-0.2, -0.15) is 0 Å². The van der Waals surface area contributed by atoms with Crippen molar-refractivity contribution in [2.24, 2.45) is 0 Å². The lowest BCUT2D eigenvalue weighted by molar-refractivity contribution is -0.394. The number of aromatic nitrogens is 4. The topological polar surface area (TPSA) is 200 Å². The normalized spacial score (nSPS) is 26.2. The van der Waals surface area contributed by atoms with E-state index in [1.54, 1.807) is 18.2 Å². The standard InChI is InChI=1S/C17H16N6O7/c18-14-10-15(21-16(20-14)23(28)29)22(7-19-10)17(12(26)8-4-2-1-3-5-8)13(27)11(25)9(6-24)30-17/h1-5,7,9,11,13,24-25,27H,6H2,(H2,18,20,21)/t9-,11-,13-,17-/m1/s1. The van der Waals surface area contributed by atoms with Gasteiger partial charge < -0.3 is 35.9 Å². The number of ether oxygens (including phenoxy) is 1. The van der Waals surface area contributed by atoms with E-state index in [4.69, 9.17) is 10.5 Å². The number of carbonyl (C=O) groups excluding carboxylic acids is 1. The summed E-state index contributed by atoms with van der Waals surface area (Å²) >= 11 is 0. The minimum absolute atomic E-state index is 0.0708. The van der Waals surface area contributed by atoms with E-state index in [2.05, 4.69) is 15.0 Å². The number of hydrogen-bond donors (Lipinski definition) is 4. The van der Waals surface area contributed by atoms with Crippen LogP contribution in [0.5, 0.6) is 0 Å². The van der Waals surface area contributed by atoms with Crippen LogP contribution in [0.1, 0.15) is 10.4 Å². The van der Waals surface area contributed by atoms with Gasteiger partial charge in [0.1, 0.15) is 24.6 Å². The van der Waals surface area contributed by atoms with Gasteiger partial charge >= 0.3 is 5.95 Å². The number of aliphatic hydroxyl groups is 3. The number of rotatable bonds is 5. The SMILES string of the molecule is Nc1nc([N+](=O)[O-])nc2c1ncn2[C@]1(C(=O)c2ccccc2)O[C@H](CO)[C@@H](O)[C@H]1O. The number of aliphatic hydroxyl groups excluding tert-OH is 3. The number of nitrogens with zero attached hydrogens (tertiary/aromatic N) is 5. The van der Waals surface area contributed by atoms with Crippen LogP contribution in [0.15, 0.2) is 36.7 Å². The van der Waals surface area contributed by atoms with Gasteiger partial charge in [0, 0.05) is 5.56 Å². The van der Waals surface area contributed by atoms with Crippen molar-refractivity contribution in [1.29, 1.82) is 0 Å². The number of imidazole rings is 1. The van der Waals surface area contributed by atoms with Crippen LogP contribution >= 0.6 is 0 Å². The Labute approximate surface area is 167 Å². The lowest BCUT2D eigenvalue weighted by Crippen LogP contribution is -2.51. The Bertz CT molecular complexity index is 1140. The van der Waals surface area contributed by atoms with E-state index in [1.807, 2.05) is 0 Å². The zero-order valence-electron chi connectivity index (χ0n) is 15.2. The molecule has 30 heavy (non-hydrogen) atoms. The molecule has 1 aromatic carbocycles. The van der Waals surface area contributed by atoms with Gasteiger partial charge in [-0.1, -0.05) is 30.3 Å². The number of nitrogens with two attached hydrogens (primary N) is 1. The minimum Gasteiger partial charge on any atom is -0.394 e. The summed E-state index contributed by atoms with van der Waals surface area (Å²) < 4.78 is 6.65. The third-order valence-electron chi connectivity index (χ3n) is 4.91. The second-order valence-corrected chi connectivity index (χ2v) is 6.62. The Morgan fingerprint density at radius 3 is 2.60 bits per heavy atom. The average Bonchev–Trinajstić information content (AvgIpc) is 3.29. The van der Waals surface area contributed by atoms with Crippen LogP contribution in [0.25, 0.3) is 11.2 Å². The van der Waals surface area contributed by atoms with Crippen molar-refractivity contribution in [1.82, 2.24) is 19.5 Å². The fourth-order valence-corrected chi connectivity index (χ4v) is 3.48. The first-order valence-electron chi connectivity index (χ1n) is 8.71. The van der Waals surface area contributed by atoms with Gasteiger partial charge in [-0.25, -0.2) is 4.98 Å². The molecule has 3 heterocycles. The van der Waals surface area contributed by atoms with Crippen molar-refractivity contribution in [2.45, 2.75) is 24.0 Å². The molecule has 4 rings (SSSR count). The monoisotopic (exact) mass is 416 g/mol. The fourth-order valence-electron chi connectivity index (χ4n) is 3.48. The molecular formula is C17H16N6O7. The third-order valence-corrected chi connectivity index (χ3v) is 4.91. The van der Waals surface area contributed by atoms with Gasteiger partial charge in [0.05, 0.1) is 6.61 Å². The number of hydrogen-bond acceptors (Lipinski definition) is 11. The predicted octanol–water partition coefficient (Wildman–Crippen LogP) is -1.03. The Morgan fingerprint density at radius 2 is 2.00 bits per heavy atom. The highest BCUT2D eigenvalue weighted by Gasteiger charge is 2.61. The molecule has 1 aliphatic rings. The van der Waals surface area contributed by atoms with E-state index in [0.29, 0.717) is 0 Å². The maximum Gasteiger partial charge on any atom is 0.473 e. The van der Waals surface area contributed by atoms with Crippen LogP contribution in [0.2, 0.25) is 0 Å². The fraction of sp³-hybridized carbons (Fsp3) is 0.294. The number of anilines is 1. The van der Waals surface area contributed by atoms with Crippen LogP contribution in [-0.4, -0.2) is 70.5 Å². The molecule has 13 heteroatoms. The summed E-state index contributed by atoms with van der Waals surface area (Å²) in [7, 11) is 0. The first-order chi connectivity index (χ1) is 14.3. The maximum atomic E-state index is 13.5. The molecule has 1 aliphatic heterocycles. The van der Waals surface area contributed by atoms with E-state index in [9.17, 15) is 30.2 Å². The zero-order valence-corrected chi connectivity index (χ0v) is 15.2. The van der Waals surface area contributed by atoms with E-state index in [1.165, 1.54) is 12.1 Å². The molecule has 3 aromatic rings. The molecule has 156 valence electrons. The molecule has 0 bridgehead atoms. The summed E-state index contributed by atoms with van der Waals surface area (Å²) in [6.07, 6.45) is -3.78. The molecular weight excluding hydrogens is 400 g/mol.